The van der Waals surface area contributed by atoms with E-state index in [1.54, 1.807) is 14.0 Å². The van der Waals surface area contributed by atoms with Gasteiger partial charge in [-0.05, 0) is 38.8 Å². The van der Waals surface area contributed by atoms with Gasteiger partial charge in [0.25, 0.3) is 0 Å². The number of aryl methyl sites for hydroxylation is 1. The zero-order valence-electron chi connectivity index (χ0n) is 12.9. The molecule has 0 aliphatic heterocycles. The number of carbonyl (C=O) groups excluding carboxylic acids is 1. The Morgan fingerprint density at radius 3 is 2.75 bits per heavy atom. The lowest BCUT2D eigenvalue weighted by molar-refractivity contribution is -0.127. The van der Waals surface area contributed by atoms with E-state index in [0.717, 1.165) is 17.9 Å². The Morgan fingerprint density at radius 1 is 1.55 bits per heavy atom. The van der Waals surface area contributed by atoms with Crippen molar-refractivity contribution in [1.82, 2.24) is 5.32 Å². The van der Waals surface area contributed by atoms with Crippen molar-refractivity contribution in [2.24, 2.45) is 5.73 Å². The van der Waals surface area contributed by atoms with Crippen molar-refractivity contribution in [3.63, 3.8) is 0 Å². The van der Waals surface area contributed by atoms with Gasteiger partial charge in [0.1, 0.15) is 11.5 Å². The molecule has 20 heavy (non-hydrogen) atoms. The number of ether oxygens (including phenoxy) is 1. The summed E-state index contributed by atoms with van der Waals surface area (Å²) in [6.07, 6.45) is 2.16. The van der Waals surface area contributed by atoms with Gasteiger partial charge in [0.15, 0.2) is 0 Å². The first-order valence-electron chi connectivity index (χ1n) is 7.05. The fraction of sp³-hybridized carbons (Fsp3) is 0.667. The molecule has 2 atom stereocenters. The van der Waals surface area contributed by atoms with E-state index in [0.29, 0.717) is 19.4 Å². The quantitative estimate of drug-likeness (QED) is 0.767. The molecule has 0 saturated heterocycles. The molecule has 3 N–H and O–H groups in total. The van der Waals surface area contributed by atoms with Crippen molar-refractivity contribution in [3.05, 3.63) is 23.7 Å². The Labute approximate surface area is 120 Å². The second-order valence-electron chi connectivity index (χ2n) is 5.42. The lowest BCUT2D eigenvalue weighted by Gasteiger charge is -2.26. The van der Waals surface area contributed by atoms with Gasteiger partial charge in [-0.25, -0.2) is 0 Å². The third kappa shape index (κ3) is 4.65. The number of amides is 1. The fourth-order valence-electron chi connectivity index (χ4n) is 2.12. The second kappa shape index (κ2) is 7.45. The SMILES string of the molecule is CCCC(C)(N)C(=O)NC(CCOC)c1ccc(C)o1. The van der Waals surface area contributed by atoms with Gasteiger partial charge in [0.05, 0.1) is 11.6 Å². The summed E-state index contributed by atoms with van der Waals surface area (Å²) in [6.45, 7) is 6.19. The zero-order chi connectivity index (χ0) is 15.2. The lowest BCUT2D eigenvalue weighted by Crippen LogP contribution is -2.52. The van der Waals surface area contributed by atoms with Gasteiger partial charge in [-0.1, -0.05) is 13.3 Å². The van der Waals surface area contributed by atoms with Crippen LogP contribution in [0.5, 0.6) is 0 Å². The topological polar surface area (TPSA) is 77.5 Å². The van der Waals surface area contributed by atoms with Crippen molar-refractivity contribution in [2.75, 3.05) is 13.7 Å². The average Bonchev–Trinajstić information content (AvgIpc) is 2.80. The normalized spacial score (nSPS) is 15.7. The molecule has 0 saturated carbocycles. The van der Waals surface area contributed by atoms with E-state index in [4.69, 9.17) is 14.9 Å². The number of hydrogen-bond donors (Lipinski definition) is 2. The molecule has 0 aromatic carbocycles. The highest BCUT2D eigenvalue weighted by atomic mass is 16.5. The molecule has 0 aliphatic rings. The third-order valence-electron chi connectivity index (χ3n) is 3.31. The van der Waals surface area contributed by atoms with Crippen LogP contribution in [0.2, 0.25) is 0 Å². The van der Waals surface area contributed by atoms with E-state index in [1.807, 2.05) is 26.0 Å². The highest BCUT2D eigenvalue weighted by Gasteiger charge is 2.30. The molecule has 1 rings (SSSR count). The standard InChI is InChI=1S/C15H26N2O3/c1-5-9-15(3,16)14(18)17-12(8-10-19-4)13-7-6-11(2)20-13/h6-7,12H,5,8-10,16H2,1-4H3,(H,17,18). The summed E-state index contributed by atoms with van der Waals surface area (Å²) in [6, 6.07) is 3.55. The van der Waals surface area contributed by atoms with Crippen molar-refractivity contribution < 1.29 is 13.9 Å². The Kier molecular flexibility index (Phi) is 6.23. The van der Waals surface area contributed by atoms with Crippen molar-refractivity contribution in [1.29, 1.82) is 0 Å². The molecule has 1 heterocycles. The molecule has 1 aromatic heterocycles. The van der Waals surface area contributed by atoms with E-state index in [1.165, 1.54) is 0 Å². The van der Waals surface area contributed by atoms with Crippen molar-refractivity contribution >= 4 is 5.91 Å². The summed E-state index contributed by atoms with van der Waals surface area (Å²) in [5.74, 6) is 1.40. The molecule has 0 radical (unpaired) electrons. The van der Waals surface area contributed by atoms with E-state index in [9.17, 15) is 4.79 Å². The van der Waals surface area contributed by atoms with E-state index < -0.39 is 5.54 Å². The third-order valence-corrected chi connectivity index (χ3v) is 3.31. The number of nitrogens with one attached hydrogen (secondary N) is 1. The van der Waals surface area contributed by atoms with Crippen molar-refractivity contribution in [2.45, 2.75) is 51.6 Å². The number of carbonyl (C=O) groups is 1. The highest BCUT2D eigenvalue weighted by molar-refractivity contribution is 5.85. The summed E-state index contributed by atoms with van der Waals surface area (Å²) in [5, 5.41) is 2.97. The van der Waals surface area contributed by atoms with Gasteiger partial charge >= 0.3 is 0 Å². The largest absolute Gasteiger partial charge is 0.464 e. The van der Waals surface area contributed by atoms with Crippen LogP contribution < -0.4 is 11.1 Å². The molecular weight excluding hydrogens is 256 g/mol. The molecular formula is C15H26N2O3. The molecule has 0 aliphatic carbocycles. The monoisotopic (exact) mass is 282 g/mol. The molecule has 1 aromatic rings. The van der Waals surface area contributed by atoms with Crippen LogP contribution in [0.25, 0.3) is 0 Å². The fourth-order valence-corrected chi connectivity index (χ4v) is 2.12. The molecule has 2 unspecified atom stereocenters. The summed E-state index contributed by atoms with van der Waals surface area (Å²) >= 11 is 0. The first kappa shape index (κ1) is 16.7. The molecule has 1 amide bonds. The predicted octanol–water partition coefficient (Wildman–Crippen LogP) is 2.30. The number of hydrogen-bond acceptors (Lipinski definition) is 4. The van der Waals surface area contributed by atoms with Crippen LogP contribution in [0.4, 0.5) is 0 Å². The molecule has 5 heteroatoms. The summed E-state index contributed by atoms with van der Waals surface area (Å²) in [4.78, 5) is 12.3. The zero-order valence-corrected chi connectivity index (χ0v) is 12.9. The van der Waals surface area contributed by atoms with Crippen LogP contribution in [-0.4, -0.2) is 25.2 Å². The molecule has 0 bridgehead atoms. The minimum Gasteiger partial charge on any atom is -0.464 e. The van der Waals surface area contributed by atoms with Crippen LogP contribution in [0.1, 0.15) is 50.7 Å². The van der Waals surface area contributed by atoms with Gasteiger partial charge < -0.3 is 20.2 Å². The van der Waals surface area contributed by atoms with E-state index in [-0.39, 0.29) is 11.9 Å². The van der Waals surface area contributed by atoms with Crippen molar-refractivity contribution in [3.8, 4) is 0 Å². The van der Waals surface area contributed by atoms with Gasteiger partial charge in [-0.2, -0.15) is 0 Å². The Hall–Kier alpha value is -1.33. The minimum atomic E-state index is -0.859. The van der Waals surface area contributed by atoms with Gasteiger partial charge in [0.2, 0.25) is 5.91 Å². The molecule has 114 valence electrons. The van der Waals surface area contributed by atoms with Gasteiger partial charge in [-0.3, -0.25) is 4.79 Å². The van der Waals surface area contributed by atoms with Crippen LogP contribution in [0.15, 0.2) is 16.5 Å². The first-order chi connectivity index (χ1) is 9.40. The predicted molar refractivity (Wildman–Crippen MR) is 78.3 cm³/mol. The Balaban J connectivity index is 2.77. The maximum atomic E-state index is 12.3. The second-order valence-corrected chi connectivity index (χ2v) is 5.42. The Bertz CT molecular complexity index is 427. The van der Waals surface area contributed by atoms with E-state index >= 15 is 0 Å². The van der Waals surface area contributed by atoms with Crippen LogP contribution in [0.3, 0.4) is 0 Å². The molecule has 0 spiro atoms. The van der Waals surface area contributed by atoms with Gasteiger partial charge in [0, 0.05) is 13.7 Å². The van der Waals surface area contributed by atoms with Crippen LogP contribution in [0, 0.1) is 6.92 Å². The number of rotatable bonds is 8. The maximum Gasteiger partial charge on any atom is 0.240 e. The first-order valence-corrected chi connectivity index (χ1v) is 7.05. The highest BCUT2D eigenvalue weighted by Crippen LogP contribution is 2.21. The molecule has 5 nitrogen and oxygen atoms in total. The summed E-state index contributed by atoms with van der Waals surface area (Å²) in [5.41, 5.74) is 5.20. The Morgan fingerprint density at radius 2 is 2.25 bits per heavy atom. The number of methoxy groups -OCH3 is 1. The van der Waals surface area contributed by atoms with E-state index in [2.05, 4.69) is 5.32 Å². The molecule has 0 fully saturated rings. The smallest absolute Gasteiger partial charge is 0.240 e. The number of furan rings is 1. The minimum absolute atomic E-state index is 0.158. The number of nitrogens with two attached hydrogens (primary N) is 1. The lowest BCUT2D eigenvalue weighted by atomic mass is 9.95. The maximum absolute atomic E-state index is 12.3. The van der Waals surface area contributed by atoms with Crippen LogP contribution in [-0.2, 0) is 9.53 Å². The summed E-state index contributed by atoms with van der Waals surface area (Å²) in [7, 11) is 1.64. The summed E-state index contributed by atoms with van der Waals surface area (Å²) < 4.78 is 10.7. The van der Waals surface area contributed by atoms with Crippen LogP contribution >= 0.6 is 0 Å². The van der Waals surface area contributed by atoms with Gasteiger partial charge in [-0.15, -0.1) is 0 Å². The average molecular weight is 282 g/mol.